The standard InChI is InChI=1S/C13H15FN2S/c1-15-8-4-7-13-16-12(9-17-13)10-5-2-3-6-11(10)14/h2-3,5-6,9,15H,4,7-8H2,1H3. The first-order valence-electron chi connectivity index (χ1n) is 5.65. The van der Waals surface area contributed by atoms with Crippen LogP contribution in [0.5, 0.6) is 0 Å². The molecule has 1 N–H and O–H groups in total. The van der Waals surface area contributed by atoms with Gasteiger partial charge < -0.3 is 5.32 Å². The molecule has 0 saturated carbocycles. The fourth-order valence-corrected chi connectivity index (χ4v) is 2.48. The van der Waals surface area contributed by atoms with Gasteiger partial charge in [0.25, 0.3) is 0 Å². The van der Waals surface area contributed by atoms with E-state index in [9.17, 15) is 4.39 Å². The molecule has 90 valence electrons. The van der Waals surface area contributed by atoms with Crippen molar-refractivity contribution in [1.29, 1.82) is 0 Å². The van der Waals surface area contributed by atoms with Crippen LogP contribution in [0.1, 0.15) is 11.4 Å². The van der Waals surface area contributed by atoms with E-state index in [1.807, 2.05) is 18.5 Å². The second-order valence-corrected chi connectivity index (χ2v) is 4.76. The van der Waals surface area contributed by atoms with Crippen LogP contribution in [0.3, 0.4) is 0 Å². The van der Waals surface area contributed by atoms with Crippen LogP contribution >= 0.6 is 11.3 Å². The van der Waals surface area contributed by atoms with Crippen LogP contribution in [0.4, 0.5) is 4.39 Å². The first-order valence-corrected chi connectivity index (χ1v) is 6.53. The fourth-order valence-electron chi connectivity index (χ4n) is 1.63. The van der Waals surface area contributed by atoms with Crippen molar-refractivity contribution in [3.8, 4) is 11.3 Å². The van der Waals surface area contributed by atoms with Gasteiger partial charge >= 0.3 is 0 Å². The summed E-state index contributed by atoms with van der Waals surface area (Å²) in [5.74, 6) is -0.209. The van der Waals surface area contributed by atoms with Crippen molar-refractivity contribution in [2.24, 2.45) is 0 Å². The first-order chi connectivity index (χ1) is 8.31. The SMILES string of the molecule is CNCCCc1nc(-c2ccccc2F)cs1. The molecular weight excluding hydrogens is 235 g/mol. The lowest BCUT2D eigenvalue weighted by Gasteiger charge is -1.98. The molecule has 0 saturated heterocycles. The molecule has 0 atom stereocenters. The Hall–Kier alpha value is -1.26. The molecule has 2 aromatic rings. The minimum absolute atomic E-state index is 0.209. The number of aromatic nitrogens is 1. The summed E-state index contributed by atoms with van der Waals surface area (Å²) in [6.07, 6.45) is 2.00. The number of benzene rings is 1. The van der Waals surface area contributed by atoms with Crippen molar-refractivity contribution < 1.29 is 4.39 Å². The Morgan fingerprint density at radius 2 is 2.18 bits per heavy atom. The Morgan fingerprint density at radius 3 is 2.94 bits per heavy atom. The number of hydrogen-bond donors (Lipinski definition) is 1. The maximum absolute atomic E-state index is 13.5. The molecule has 0 aliphatic carbocycles. The minimum Gasteiger partial charge on any atom is -0.320 e. The molecule has 0 amide bonds. The molecule has 0 spiro atoms. The smallest absolute Gasteiger partial charge is 0.132 e. The van der Waals surface area contributed by atoms with E-state index in [1.54, 1.807) is 23.5 Å². The molecular formula is C13H15FN2S. The van der Waals surface area contributed by atoms with Gasteiger partial charge in [0.15, 0.2) is 0 Å². The fraction of sp³-hybridized carbons (Fsp3) is 0.308. The minimum atomic E-state index is -0.209. The third-order valence-electron chi connectivity index (χ3n) is 2.52. The van der Waals surface area contributed by atoms with Gasteiger partial charge in [-0.2, -0.15) is 0 Å². The van der Waals surface area contributed by atoms with Gasteiger partial charge in [-0.1, -0.05) is 12.1 Å². The van der Waals surface area contributed by atoms with E-state index in [0.29, 0.717) is 5.56 Å². The van der Waals surface area contributed by atoms with Gasteiger partial charge in [0, 0.05) is 17.4 Å². The van der Waals surface area contributed by atoms with E-state index in [-0.39, 0.29) is 5.82 Å². The third kappa shape index (κ3) is 3.11. The predicted octanol–water partition coefficient (Wildman–Crippen LogP) is 3.10. The number of nitrogens with one attached hydrogen (secondary N) is 1. The first kappa shape index (κ1) is 12.2. The van der Waals surface area contributed by atoms with Crippen molar-refractivity contribution in [2.75, 3.05) is 13.6 Å². The highest BCUT2D eigenvalue weighted by atomic mass is 32.1. The van der Waals surface area contributed by atoms with Crippen molar-refractivity contribution in [2.45, 2.75) is 12.8 Å². The molecule has 2 nitrogen and oxygen atoms in total. The summed E-state index contributed by atoms with van der Waals surface area (Å²) >= 11 is 1.60. The van der Waals surface area contributed by atoms with Crippen LogP contribution in [0.2, 0.25) is 0 Å². The zero-order valence-electron chi connectivity index (χ0n) is 9.74. The lowest BCUT2D eigenvalue weighted by molar-refractivity contribution is 0.630. The topological polar surface area (TPSA) is 24.9 Å². The Morgan fingerprint density at radius 1 is 1.35 bits per heavy atom. The summed E-state index contributed by atoms with van der Waals surface area (Å²) in [5.41, 5.74) is 1.33. The van der Waals surface area contributed by atoms with Crippen LogP contribution in [-0.2, 0) is 6.42 Å². The Labute approximate surface area is 105 Å². The number of nitrogens with zero attached hydrogens (tertiary/aromatic N) is 1. The van der Waals surface area contributed by atoms with Gasteiger partial charge in [-0.05, 0) is 32.1 Å². The summed E-state index contributed by atoms with van der Waals surface area (Å²) < 4.78 is 13.5. The van der Waals surface area contributed by atoms with Gasteiger partial charge in [-0.3, -0.25) is 0 Å². The maximum atomic E-state index is 13.5. The van der Waals surface area contributed by atoms with Gasteiger partial charge in [-0.25, -0.2) is 9.37 Å². The molecule has 4 heteroatoms. The number of halogens is 1. The molecule has 1 aromatic carbocycles. The average Bonchev–Trinajstić information content (AvgIpc) is 2.79. The molecule has 17 heavy (non-hydrogen) atoms. The van der Waals surface area contributed by atoms with E-state index in [2.05, 4.69) is 10.3 Å². The van der Waals surface area contributed by atoms with E-state index in [4.69, 9.17) is 0 Å². The summed E-state index contributed by atoms with van der Waals surface area (Å²) in [6, 6.07) is 6.76. The molecule has 1 aromatic heterocycles. The van der Waals surface area contributed by atoms with Crippen molar-refractivity contribution in [1.82, 2.24) is 10.3 Å². The van der Waals surface area contributed by atoms with Crippen molar-refractivity contribution >= 4 is 11.3 Å². The van der Waals surface area contributed by atoms with Crippen molar-refractivity contribution in [3.63, 3.8) is 0 Å². The Bertz CT molecular complexity index is 482. The lowest BCUT2D eigenvalue weighted by atomic mass is 10.1. The maximum Gasteiger partial charge on any atom is 0.132 e. The second-order valence-electron chi connectivity index (χ2n) is 3.81. The summed E-state index contributed by atoms with van der Waals surface area (Å²) in [7, 11) is 1.94. The highest BCUT2D eigenvalue weighted by Gasteiger charge is 2.08. The second kappa shape index (κ2) is 5.89. The zero-order valence-corrected chi connectivity index (χ0v) is 10.6. The van der Waals surface area contributed by atoms with Crippen LogP contribution in [0.25, 0.3) is 11.3 Å². The van der Waals surface area contributed by atoms with Crippen LogP contribution in [0, 0.1) is 5.82 Å². The van der Waals surface area contributed by atoms with Gasteiger partial charge in [0.1, 0.15) is 5.82 Å². The summed E-state index contributed by atoms with van der Waals surface area (Å²) in [4.78, 5) is 4.46. The molecule has 0 unspecified atom stereocenters. The molecule has 1 heterocycles. The van der Waals surface area contributed by atoms with Crippen LogP contribution in [0.15, 0.2) is 29.6 Å². The van der Waals surface area contributed by atoms with Gasteiger partial charge in [-0.15, -0.1) is 11.3 Å². The summed E-state index contributed by atoms with van der Waals surface area (Å²) in [6.45, 7) is 0.981. The Kier molecular flexibility index (Phi) is 4.23. The van der Waals surface area contributed by atoms with E-state index >= 15 is 0 Å². The lowest BCUT2D eigenvalue weighted by Crippen LogP contribution is -2.08. The van der Waals surface area contributed by atoms with E-state index in [1.165, 1.54) is 6.07 Å². The third-order valence-corrected chi connectivity index (χ3v) is 3.43. The molecule has 0 fully saturated rings. The van der Waals surface area contributed by atoms with E-state index in [0.717, 1.165) is 30.1 Å². The highest BCUT2D eigenvalue weighted by molar-refractivity contribution is 7.09. The van der Waals surface area contributed by atoms with Gasteiger partial charge in [0.05, 0.1) is 10.7 Å². The number of aryl methyl sites for hydroxylation is 1. The van der Waals surface area contributed by atoms with Crippen LogP contribution < -0.4 is 5.32 Å². The zero-order chi connectivity index (χ0) is 12.1. The van der Waals surface area contributed by atoms with E-state index < -0.39 is 0 Å². The quantitative estimate of drug-likeness (QED) is 0.825. The average molecular weight is 250 g/mol. The molecule has 0 aliphatic heterocycles. The van der Waals surface area contributed by atoms with Crippen LogP contribution in [-0.4, -0.2) is 18.6 Å². The largest absolute Gasteiger partial charge is 0.320 e. The van der Waals surface area contributed by atoms with Gasteiger partial charge in [0.2, 0.25) is 0 Å². The molecule has 0 bridgehead atoms. The number of hydrogen-bond acceptors (Lipinski definition) is 3. The summed E-state index contributed by atoms with van der Waals surface area (Å²) in [5, 5.41) is 6.09. The van der Waals surface area contributed by atoms with Crippen molar-refractivity contribution in [3.05, 3.63) is 40.5 Å². The molecule has 0 radical (unpaired) electrons. The molecule has 2 rings (SSSR count). The predicted molar refractivity (Wildman–Crippen MR) is 69.8 cm³/mol. The molecule has 0 aliphatic rings. The Balaban J connectivity index is 2.10. The number of rotatable bonds is 5. The normalized spacial score (nSPS) is 10.7. The highest BCUT2D eigenvalue weighted by Crippen LogP contribution is 2.24. The number of thiazole rings is 1. The monoisotopic (exact) mass is 250 g/mol.